The summed E-state index contributed by atoms with van der Waals surface area (Å²) in [6.45, 7) is 3.58. The van der Waals surface area contributed by atoms with Crippen LogP contribution in [0.2, 0.25) is 0 Å². The van der Waals surface area contributed by atoms with Gasteiger partial charge in [0.25, 0.3) is 0 Å². The number of aliphatic hydroxyl groups is 2. The van der Waals surface area contributed by atoms with E-state index in [0.717, 1.165) is 49.7 Å². The largest absolute Gasteiger partial charge is 0.385 e. The Labute approximate surface area is 176 Å². The van der Waals surface area contributed by atoms with Gasteiger partial charge in [0.1, 0.15) is 11.7 Å². The zero-order chi connectivity index (χ0) is 20.9. The highest BCUT2D eigenvalue weighted by atomic mass is 16.3. The number of rotatable bonds is 2. The molecule has 0 saturated heterocycles. The van der Waals surface area contributed by atoms with E-state index in [0.29, 0.717) is 0 Å². The summed E-state index contributed by atoms with van der Waals surface area (Å²) in [6, 6.07) is 28.8. The number of aliphatic hydroxyl groups excluding tert-OH is 1. The first-order valence-corrected chi connectivity index (χ1v) is 10.3. The number of hydrogen-bond donors (Lipinski definition) is 2. The van der Waals surface area contributed by atoms with E-state index >= 15 is 0 Å². The third kappa shape index (κ3) is 2.72. The number of benzene rings is 4. The van der Waals surface area contributed by atoms with Gasteiger partial charge in [-0.25, -0.2) is 0 Å². The van der Waals surface area contributed by atoms with Crippen molar-refractivity contribution in [2.75, 3.05) is 0 Å². The lowest BCUT2D eigenvalue weighted by Crippen LogP contribution is -2.37. The Balaban J connectivity index is 2.02. The molecule has 0 bridgehead atoms. The van der Waals surface area contributed by atoms with Crippen molar-refractivity contribution in [3.05, 3.63) is 102 Å². The molecule has 1 aliphatic rings. The van der Waals surface area contributed by atoms with E-state index in [-0.39, 0.29) is 0 Å². The fourth-order valence-electron chi connectivity index (χ4n) is 4.60. The molecule has 2 atom stereocenters. The molecule has 0 fully saturated rings. The Bertz CT molecular complexity index is 1270. The molecule has 5 rings (SSSR count). The fraction of sp³-hybridized carbons (Fsp3) is 0.143. The number of fused-ring (bicyclic) bond motifs is 2. The van der Waals surface area contributed by atoms with E-state index in [4.69, 9.17) is 0 Å². The van der Waals surface area contributed by atoms with Gasteiger partial charge in [-0.3, -0.25) is 0 Å². The molecule has 0 saturated carbocycles. The van der Waals surface area contributed by atoms with Crippen LogP contribution in [0.15, 0.2) is 90.5 Å². The molecular weight excluding hydrogens is 368 g/mol. The van der Waals surface area contributed by atoms with Gasteiger partial charge < -0.3 is 10.2 Å². The summed E-state index contributed by atoms with van der Waals surface area (Å²) in [5.41, 5.74) is 5.41. The first-order chi connectivity index (χ1) is 14.5. The van der Waals surface area contributed by atoms with Crippen LogP contribution in [-0.2, 0) is 0 Å². The quantitative estimate of drug-likeness (QED) is 0.416. The second-order valence-corrected chi connectivity index (χ2v) is 8.23. The lowest BCUT2D eigenvalue weighted by molar-refractivity contribution is -0.0369. The summed E-state index contributed by atoms with van der Waals surface area (Å²) in [7, 11) is 0. The van der Waals surface area contributed by atoms with E-state index < -0.39 is 11.7 Å². The van der Waals surface area contributed by atoms with Crippen molar-refractivity contribution in [3.8, 4) is 22.3 Å². The van der Waals surface area contributed by atoms with Gasteiger partial charge in [0.2, 0.25) is 0 Å². The van der Waals surface area contributed by atoms with Crippen molar-refractivity contribution in [1.29, 1.82) is 0 Å². The van der Waals surface area contributed by atoms with E-state index in [1.807, 2.05) is 55.5 Å². The van der Waals surface area contributed by atoms with Crippen molar-refractivity contribution in [2.24, 2.45) is 0 Å². The SMILES string of the molecule is CC1=Cc2c(c(-c3ccccc3)c3ccccc3c2-c2ccccc2)C(O)C1(C)O. The fourth-order valence-corrected chi connectivity index (χ4v) is 4.60. The molecule has 4 aromatic carbocycles. The lowest BCUT2D eigenvalue weighted by atomic mass is 9.72. The minimum Gasteiger partial charge on any atom is -0.385 e. The number of hydrogen-bond acceptors (Lipinski definition) is 2. The van der Waals surface area contributed by atoms with Crippen LogP contribution in [0.1, 0.15) is 31.1 Å². The summed E-state index contributed by atoms with van der Waals surface area (Å²) in [5.74, 6) is 0. The summed E-state index contributed by atoms with van der Waals surface area (Å²) >= 11 is 0. The van der Waals surface area contributed by atoms with Crippen LogP contribution in [0.3, 0.4) is 0 Å². The van der Waals surface area contributed by atoms with Crippen molar-refractivity contribution in [2.45, 2.75) is 25.6 Å². The highest BCUT2D eigenvalue weighted by Crippen LogP contribution is 2.50. The predicted molar refractivity (Wildman–Crippen MR) is 124 cm³/mol. The minimum absolute atomic E-state index is 0.758. The lowest BCUT2D eigenvalue weighted by Gasteiger charge is -2.38. The van der Waals surface area contributed by atoms with Crippen molar-refractivity contribution >= 4 is 16.8 Å². The second kappa shape index (κ2) is 6.94. The van der Waals surface area contributed by atoms with Gasteiger partial charge in [-0.1, -0.05) is 91.0 Å². The van der Waals surface area contributed by atoms with Gasteiger partial charge in [-0.15, -0.1) is 0 Å². The van der Waals surface area contributed by atoms with Gasteiger partial charge in [-0.05, 0) is 58.0 Å². The summed E-state index contributed by atoms with van der Waals surface area (Å²) in [4.78, 5) is 0. The Morgan fingerprint density at radius 2 is 1.17 bits per heavy atom. The molecule has 1 aliphatic carbocycles. The molecule has 0 radical (unpaired) electrons. The van der Waals surface area contributed by atoms with Crippen LogP contribution >= 0.6 is 0 Å². The van der Waals surface area contributed by atoms with Crippen LogP contribution < -0.4 is 0 Å². The first kappa shape index (κ1) is 18.8. The second-order valence-electron chi connectivity index (χ2n) is 8.23. The monoisotopic (exact) mass is 392 g/mol. The van der Waals surface area contributed by atoms with E-state index in [2.05, 4.69) is 42.5 Å². The maximum absolute atomic E-state index is 11.4. The summed E-state index contributed by atoms with van der Waals surface area (Å²) < 4.78 is 0. The molecule has 0 heterocycles. The molecule has 4 aromatic rings. The Morgan fingerprint density at radius 1 is 0.700 bits per heavy atom. The predicted octanol–water partition coefficient (Wildman–Crippen LogP) is 6.38. The van der Waals surface area contributed by atoms with Crippen molar-refractivity contribution in [3.63, 3.8) is 0 Å². The van der Waals surface area contributed by atoms with Crippen molar-refractivity contribution < 1.29 is 10.2 Å². The summed E-state index contributed by atoms with van der Waals surface area (Å²) in [6.07, 6.45) is 1.02. The molecule has 2 unspecified atom stereocenters. The standard InChI is InChI=1S/C28H24O2/c1-18-17-23-24(19-11-5-3-6-12-19)21-15-9-10-16-22(21)25(20-13-7-4-8-14-20)26(23)27(29)28(18,2)30/h3-17,27,29-30H,1-2H3. The maximum Gasteiger partial charge on any atom is 0.113 e. The van der Waals surface area contributed by atoms with Crippen LogP contribution in [0.25, 0.3) is 39.1 Å². The first-order valence-electron chi connectivity index (χ1n) is 10.3. The highest BCUT2D eigenvalue weighted by molar-refractivity contribution is 6.10. The van der Waals surface area contributed by atoms with E-state index in [9.17, 15) is 10.2 Å². The van der Waals surface area contributed by atoms with Gasteiger partial charge in [0.05, 0.1) is 0 Å². The molecule has 2 nitrogen and oxygen atoms in total. The molecule has 2 N–H and O–H groups in total. The zero-order valence-corrected chi connectivity index (χ0v) is 17.1. The van der Waals surface area contributed by atoms with Crippen LogP contribution in [-0.4, -0.2) is 15.8 Å². The normalized spacial score (nSPS) is 20.7. The smallest absolute Gasteiger partial charge is 0.113 e. The van der Waals surface area contributed by atoms with Gasteiger partial charge in [0, 0.05) is 5.56 Å². The zero-order valence-electron chi connectivity index (χ0n) is 17.1. The molecule has 148 valence electrons. The topological polar surface area (TPSA) is 40.5 Å². The molecule has 0 aromatic heterocycles. The molecule has 30 heavy (non-hydrogen) atoms. The third-order valence-electron chi connectivity index (χ3n) is 6.38. The molecule has 2 heteroatoms. The van der Waals surface area contributed by atoms with Crippen LogP contribution in [0, 0.1) is 0 Å². The van der Waals surface area contributed by atoms with E-state index in [1.165, 1.54) is 0 Å². The average molecular weight is 392 g/mol. The van der Waals surface area contributed by atoms with Crippen LogP contribution in [0.5, 0.6) is 0 Å². The van der Waals surface area contributed by atoms with Gasteiger partial charge in [0.15, 0.2) is 0 Å². The van der Waals surface area contributed by atoms with Crippen molar-refractivity contribution in [1.82, 2.24) is 0 Å². The maximum atomic E-state index is 11.4. The average Bonchev–Trinajstić information content (AvgIpc) is 2.78. The third-order valence-corrected chi connectivity index (χ3v) is 6.38. The minimum atomic E-state index is -1.33. The summed E-state index contributed by atoms with van der Waals surface area (Å²) in [5, 5.41) is 24.8. The Hall–Kier alpha value is -3.20. The Kier molecular flexibility index (Phi) is 4.35. The van der Waals surface area contributed by atoms with Gasteiger partial charge in [-0.2, -0.15) is 0 Å². The Morgan fingerprint density at radius 3 is 1.73 bits per heavy atom. The molecule has 0 amide bonds. The molecule has 0 aliphatic heterocycles. The molecular formula is C28H24O2. The molecule has 0 spiro atoms. The van der Waals surface area contributed by atoms with E-state index in [1.54, 1.807) is 6.92 Å². The highest BCUT2D eigenvalue weighted by Gasteiger charge is 2.40. The van der Waals surface area contributed by atoms with Gasteiger partial charge >= 0.3 is 0 Å². The van der Waals surface area contributed by atoms with Crippen LogP contribution in [0.4, 0.5) is 0 Å².